The SMILES string of the molecule is Cl.O.O=C1c2ccccc2C(=O)N1C[C@@H]1C[C@H]1CN1CCN(c2nsc3ccccc23)CC1. The third kappa shape index (κ3) is 4.24. The van der Waals surface area contributed by atoms with Crippen LogP contribution in [0.15, 0.2) is 48.5 Å². The summed E-state index contributed by atoms with van der Waals surface area (Å²) in [6.07, 6.45) is 1.10. The largest absolute Gasteiger partial charge is 0.412 e. The number of imide groups is 1. The van der Waals surface area contributed by atoms with Crippen LogP contribution in [0.5, 0.6) is 0 Å². The van der Waals surface area contributed by atoms with Crippen LogP contribution in [0.1, 0.15) is 27.1 Å². The zero-order valence-corrected chi connectivity index (χ0v) is 19.8. The molecule has 1 saturated heterocycles. The van der Waals surface area contributed by atoms with E-state index >= 15 is 0 Å². The lowest BCUT2D eigenvalue weighted by molar-refractivity contribution is 0.0643. The van der Waals surface area contributed by atoms with E-state index in [9.17, 15) is 9.59 Å². The molecule has 6 rings (SSSR count). The second-order valence-corrected chi connectivity index (χ2v) is 9.62. The molecule has 2 fully saturated rings. The Hall–Kier alpha value is -2.52. The number of hydrogen-bond acceptors (Lipinski definition) is 6. The van der Waals surface area contributed by atoms with Gasteiger partial charge in [0.05, 0.1) is 15.8 Å². The van der Waals surface area contributed by atoms with Crippen molar-refractivity contribution in [1.82, 2.24) is 14.2 Å². The van der Waals surface area contributed by atoms with E-state index < -0.39 is 0 Å². The van der Waals surface area contributed by atoms with Gasteiger partial charge in [0.1, 0.15) is 5.82 Å². The zero-order valence-electron chi connectivity index (χ0n) is 18.1. The van der Waals surface area contributed by atoms with Crippen molar-refractivity contribution in [2.75, 3.05) is 44.2 Å². The average Bonchev–Trinajstić information content (AvgIpc) is 3.31. The van der Waals surface area contributed by atoms with Crippen molar-refractivity contribution in [2.45, 2.75) is 6.42 Å². The third-order valence-electron chi connectivity index (χ3n) is 6.89. The first kappa shape index (κ1) is 23.6. The Bertz CT molecular complexity index is 1140. The maximum absolute atomic E-state index is 12.6. The minimum Gasteiger partial charge on any atom is -0.412 e. The highest BCUT2D eigenvalue weighted by molar-refractivity contribution is 7.13. The molecule has 3 aromatic rings. The number of amides is 2. The summed E-state index contributed by atoms with van der Waals surface area (Å²) < 4.78 is 5.94. The Labute approximate surface area is 202 Å². The number of rotatable bonds is 5. The van der Waals surface area contributed by atoms with Gasteiger partial charge in [-0.2, -0.15) is 4.37 Å². The highest BCUT2D eigenvalue weighted by atomic mass is 35.5. The second-order valence-electron chi connectivity index (χ2n) is 8.81. The molecule has 3 heterocycles. The minimum atomic E-state index is -0.129. The first-order valence-electron chi connectivity index (χ1n) is 11.0. The van der Waals surface area contributed by atoms with Crippen molar-refractivity contribution in [3.05, 3.63) is 59.7 Å². The van der Waals surface area contributed by atoms with Gasteiger partial charge in [-0.15, -0.1) is 12.4 Å². The molecule has 1 aliphatic carbocycles. The summed E-state index contributed by atoms with van der Waals surface area (Å²) in [6, 6.07) is 15.6. The summed E-state index contributed by atoms with van der Waals surface area (Å²) in [5, 5.41) is 1.25. The molecule has 7 nitrogen and oxygen atoms in total. The van der Waals surface area contributed by atoms with Crippen molar-refractivity contribution in [2.24, 2.45) is 11.8 Å². The number of aromatic nitrogens is 1. The van der Waals surface area contributed by atoms with E-state index in [-0.39, 0.29) is 29.7 Å². The van der Waals surface area contributed by atoms with Crippen LogP contribution >= 0.6 is 23.9 Å². The Balaban J connectivity index is 0.00000130. The smallest absolute Gasteiger partial charge is 0.261 e. The van der Waals surface area contributed by atoms with Crippen molar-refractivity contribution in [3.63, 3.8) is 0 Å². The van der Waals surface area contributed by atoms with Crippen LogP contribution in [0.25, 0.3) is 10.1 Å². The monoisotopic (exact) mass is 486 g/mol. The van der Waals surface area contributed by atoms with Gasteiger partial charge in [-0.1, -0.05) is 24.3 Å². The number of benzene rings is 2. The summed E-state index contributed by atoms with van der Waals surface area (Å²) in [7, 11) is 0. The molecule has 2 amide bonds. The molecule has 33 heavy (non-hydrogen) atoms. The van der Waals surface area contributed by atoms with Crippen LogP contribution in [0.4, 0.5) is 5.82 Å². The van der Waals surface area contributed by atoms with Crippen molar-refractivity contribution >= 4 is 51.7 Å². The molecule has 1 saturated carbocycles. The molecule has 9 heteroatoms. The summed E-state index contributed by atoms with van der Waals surface area (Å²) in [5.74, 6) is 1.87. The van der Waals surface area contributed by atoms with E-state index in [1.165, 1.54) is 15.0 Å². The van der Waals surface area contributed by atoms with Gasteiger partial charge in [0.25, 0.3) is 11.8 Å². The van der Waals surface area contributed by atoms with Gasteiger partial charge in [0.15, 0.2) is 0 Å². The number of hydrogen-bond donors (Lipinski definition) is 0. The summed E-state index contributed by atoms with van der Waals surface area (Å²) >= 11 is 1.58. The fourth-order valence-corrected chi connectivity index (χ4v) is 5.77. The molecule has 0 spiro atoms. The number of carbonyl (C=O) groups excluding carboxylic acids is 2. The topological polar surface area (TPSA) is 88.2 Å². The van der Waals surface area contributed by atoms with Gasteiger partial charge in [-0.05, 0) is 54.1 Å². The third-order valence-corrected chi connectivity index (χ3v) is 7.70. The van der Waals surface area contributed by atoms with Crippen LogP contribution < -0.4 is 4.90 Å². The van der Waals surface area contributed by atoms with Crippen LogP contribution in [0.2, 0.25) is 0 Å². The quantitative estimate of drug-likeness (QED) is 0.517. The summed E-state index contributed by atoms with van der Waals surface area (Å²) in [5.41, 5.74) is 1.10. The van der Waals surface area contributed by atoms with Gasteiger partial charge < -0.3 is 10.4 Å². The molecule has 0 bridgehead atoms. The Morgan fingerprint density at radius 1 is 0.848 bits per heavy atom. The summed E-state index contributed by atoms with van der Waals surface area (Å²) in [6.45, 7) is 5.65. The number of nitrogens with zero attached hydrogens (tertiary/aromatic N) is 4. The maximum Gasteiger partial charge on any atom is 0.261 e. The molecule has 2 aromatic carbocycles. The molecule has 2 aliphatic heterocycles. The fraction of sp³-hybridized carbons (Fsp3) is 0.375. The number of piperazine rings is 1. The lowest BCUT2D eigenvalue weighted by Gasteiger charge is -2.35. The normalized spacial score (nSPS) is 22.2. The van der Waals surface area contributed by atoms with E-state index in [4.69, 9.17) is 4.37 Å². The van der Waals surface area contributed by atoms with Crippen LogP contribution in [0, 0.1) is 11.8 Å². The van der Waals surface area contributed by atoms with Crippen LogP contribution in [-0.2, 0) is 0 Å². The Morgan fingerprint density at radius 2 is 1.45 bits per heavy atom. The summed E-state index contributed by atoms with van der Waals surface area (Å²) in [4.78, 5) is 31.6. The number of anilines is 1. The van der Waals surface area contributed by atoms with Crippen molar-refractivity contribution < 1.29 is 15.1 Å². The molecular formula is C24H27ClN4O3S. The van der Waals surface area contributed by atoms with Crippen molar-refractivity contribution in [1.29, 1.82) is 0 Å². The fourth-order valence-electron chi connectivity index (χ4n) is 4.97. The Morgan fingerprint density at radius 3 is 2.15 bits per heavy atom. The number of carbonyl (C=O) groups is 2. The molecule has 174 valence electrons. The molecular weight excluding hydrogens is 460 g/mol. The van der Waals surface area contributed by atoms with Crippen LogP contribution in [-0.4, -0.2) is 70.7 Å². The minimum absolute atomic E-state index is 0. The van der Waals surface area contributed by atoms with Gasteiger partial charge in [-0.25, -0.2) is 0 Å². The highest BCUT2D eigenvalue weighted by Crippen LogP contribution is 2.41. The van der Waals surface area contributed by atoms with Gasteiger partial charge in [0.2, 0.25) is 0 Å². The van der Waals surface area contributed by atoms with E-state index in [0.29, 0.717) is 29.5 Å². The number of fused-ring (bicyclic) bond motifs is 2. The highest BCUT2D eigenvalue weighted by Gasteiger charge is 2.44. The van der Waals surface area contributed by atoms with E-state index in [2.05, 4.69) is 34.1 Å². The lowest BCUT2D eigenvalue weighted by atomic mass is 10.1. The molecule has 1 aromatic heterocycles. The molecule has 0 unspecified atom stereocenters. The van der Waals surface area contributed by atoms with Gasteiger partial charge in [-0.3, -0.25) is 19.4 Å². The maximum atomic E-state index is 12.6. The Kier molecular flexibility index (Phi) is 6.72. The van der Waals surface area contributed by atoms with Gasteiger partial charge in [0, 0.05) is 44.7 Å². The number of halogens is 1. The first-order chi connectivity index (χ1) is 15.2. The molecule has 2 atom stereocenters. The van der Waals surface area contributed by atoms with Crippen molar-refractivity contribution in [3.8, 4) is 0 Å². The second kappa shape index (κ2) is 9.38. The van der Waals surface area contributed by atoms with Crippen LogP contribution in [0.3, 0.4) is 0 Å². The van der Waals surface area contributed by atoms with E-state index in [1.54, 1.807) is 23.7 Å². The zero-order chi connectivity index (χ0) is 20.9. The predicted octanol–water partition coefficient (Wildman–Crippen LogP) is 2.95. The molecule has 2 N–H and O–H groups in total. The predicted molar refractivity (Wildman–Crippen MR) is 133 cm³/mol. The standard InChI is InChI=1S/C24H24N4O2S.ClH.H2O/c29-23-18-5-1-2-6-19(18)24(30)28(23)15-17-13-16(17)14-26-9-11-27(12-10-26)22-20-7-3-4-8-21(20)31-25-22;;/h1-8,16-17H,9-15H2;1H;1H2/t16-,17-;;/m0../s1. The molecule has 0 radical (unpaired) electrons. The van der Waals surface area contributed by atoms with Gasteiger partial charge >= 0.3 is 0 Å². The van der Waals surface area contributed by atoms with E-state index in [1.807, 2.05) is 12.1 Å². The molecule has 3 aliphatic rings. The first-order valence-corrected chi connectivity index (χ1v) is 11.7. The average molecular weight is 487 g/mol. The van der Waals surface area contributed by atoms with E-state index in [0.717, 1.165) is 45.0 Å². The lowest BCUT2D eigenvalue weighted by Crippen LogP contribution is -2.47.